The van der Waals surface area contributed by atoms with Gasteiger partial charge >= 0.3 is 11.9 Å². The average molecular weight is 387 g/mol. The normalized spacial score (nSPS) is 12.8. The molecule has 2 aromatic rings. The molecule has 0 aliphatic rings. The zero-order valence-electron chi connectivity index (χ0n) is 15.1. The second kappa shape index (κ2) is 8.80. The first kappa shape index (κ1) is 20.6. The lowest BCUT2D eigenvalue weighted by Gasteiger charge is -2.16. The molecule has 148 valence electrons. The van der Waals surface area contributed by atoms with Gasteiger partial charge in [0.05, 0.1) is 0 Å². The van der Waals surface area contributed by atoms with Gasteiger partial charge in [0.2, 0.25) is 5.95 Å². The Labute approximate surface area is 160 Å². The molecule has 0 radical (unpaired) electrons. The van der Waals surface area contributed by atoms with E-state index in [0.717, 1.165) is 5.56 Å². The van der Waals surface area contributed by atoms with Gasteiger partial charge in [-0.05, 0) is 24.1 Å². The Morgan fingerprint density at radius 2 is 1.79 bits per heavy atom. The summed E-state index contributed by atoms with van der Waals surface area (Å²) in [4.78, 5) is 41.9. The third-order valence-corrected chi connectivity index (χ3v) is 4.26. The molecule has 1 unspecified atom stereocenters. The van der Waals surface area contributed by atoms with Gasteiger partial charge in [0.25, 0.3) is 5.91 Å². The molecule has 0 bridgehead atoms. The number of carbonyl (C=O) groups is 3. The van der Waals surface area contributed by atoms with Crippen molar-refractivity contribution in [1.29, 1.82) is 0 Å². The van der Waals surface area contributed by atoms with Gasteiger partial charge in [0.15, 0.2) is 0 Å². The van der Waals surface area contributed by atoms with Gasteiger partial charge in [-0.1, -0.05) is 19.1 Å². The number of aromatic nitrogens is 2. The van der Waals surface area contributed by atoms with Crippen LogP contribution in [-0.2, 0) is 9.59 Å². The van der Waals surface area contributed by atoms with E-state index in [1.807, 2.05) is 6.92 Å². The minimum absolute atomic E-state index is 0.0800. The lowest BCUT2D eigenvalue weighted by atomic mass is 9.93. The molecule has 10 nitrogen and oxygen atoms in total. The number of rotatable bonds is 8. The summed E-state index contributed by atoms with van der Waals surface area (Å²) < 4.78 is 0. The maximum atomic E-state index is 12.3. The standard InChI is InChI=1S/C18H21N5O5/c1-9(12-8-21-18(20)23-15(12)19)10-2-4-11(5-3-10)16(26)22-13(17(27)28)6-7-14(24)25/h2-5,8-9,13H,6-7H2,1H3,(H,22,26)(H,24,25)(H,27,28)(H4,19,20,21,23)/t9?,13-/m0/s1. The molecule has 1 aromatic carbocycles. The largest absolute Gasteiger partial charge is 0.481 e. The zero-order valence-corrected chi connectivity index (χ0v) is 15.1. The van der Waals surface area contributed by atoms with Crippen molar-refractivity contribution < 1.29 is 24.6 Å². The summed E-state index contributed by atoms with van der Waals surface area (Å²) in [5.41, 5.74) is 13.2. The van der Waals surface area contributed by atoms with Crippen LogP contribution in [0.15, 0.2) is 30.5 Å². The van der Waals surface area contributed by atoms with Crippen molar-refractivity contribution in [2.24, 2.45) is 0 Å². The van der Waals surface area contributed by atoms with E-state index >= 15 is 0 Å². The first-order chi connectivity index (χ1) is 13.2. The second-order valence-corrected chi connectivity index (χ2v) is 6.21. The van der Waals surface area contributed by atoms with Crippen LogP contribution in [0, 0.1) is 0 Å². The number of hydrogen-bond acceptors (Lipinski definition) is 7. The summed E-state index contributed by atoms with van der Waals surface area (Å²) >= 11 is 0. The lowest BCUT2D eigenvalue weighted by molar-refractivity contribution is -0.140. The highest BCUT2D eigenvalue weighted by atomic mass is 16.4. The zero-order chi connectivity index (χ0) is 20.8. The Bertz CT molecular complexity index is 884. The van der Waals surface area contributed by atoms with Gasteiger partial charge in [-0.15, -0.1) is 0 Å². The van der Waals surface area contributed by atoms with Crippen LogP contribution in [0.3, 0.4) is 0 Å². The molecule has 28 heavy (non-hydrogen) atoms. The molecule has 2 rings (SSSR count). The van der Waals surface area contributed by atoms with Gasteiger partial charge in [0.1, 0.15) is 11.9 Å². The van der Waals surface area contributed by atoms with Gasteiger partial charge in [-0.3, -0.25) is 9.59 Å². The van der Waals surface area contributed by atoms with Crippen LogP contribution in [0.2, 0.25) is 0 Å². The number of benzene rings is 1. The minimum atomic E-state index is -1.29. The summed E-state index contributed by atoms with van der Waals surface area (Å²) in [6.45, 7) is 1.90. The van der Waals surface area contributed by atoms with Crippen LogP contribution in [0.1, 0.15) is 47.2 Å². The first-order valence-electron chi connectivity index (χ1n) is 8.42. The molecule has 0 fully saturated rings. The highest BCUT2D eigenvalue weighted by Gasteiger charge is 2.22. The van der Waals surface area contributed by atoms with Crippen molar-refractivity contribution in [2.75, 3.05) is 11.5 Å². The molecule has 0 spiro atoms. The molecular weight excluding hydrogens is 366 g/mol. The number of carboxylic acids is 2. The molecule has 1 aromatic heterocycles. The highest BCUT2D eigenvalue weighted by Crippen LogP contribution is 2.27. The van der Waals surface area contributed by atoms with Crippen LogP contribution in [-0.4, -0.2) is 44.1 Å². The summed E-state index contributed by atoms with van der Waals surface area (Å²) in [6, 6.07) is 5.23. The van der Waals surface area contributed by atoms with Crippen LogP contribution in [0.5, 0.6) is 0 Å². The molecular formula is C18H21N5O5. The lowest BCUT2D eigenvalue weighted by Crippen LogP contribution is -2.41. The van der Waals surface area contributed by atoms with Gasteiger partial charge < -0.3 is 27.0 Å². The fraction of sp³-hybridized carbons (Fsp3) is 0.278. The van der Waals surface area contributed by atoms with E-state index in [4.69, 9.17) is 21.7 Å². The summed E-state index contributed by atoms with van der Waals surface area (Å²) in [5.74, 6) is -2.84. The number of amides is 1. The van der Waals surface area contributed by atoms with E-state index in [1.54, 1.807) is 30.5 Å². The Balaban J connectivity index is 2.11. The molecule has 10 heteroatoms. The summed E-state index contributed by atoms with van der Waals surface area (Å²) in [6.07, 6.45) is 0.976. The maximum absolute atomic E-state index is 12.3. The van der Waals surface area contributed by atoms with E-state index in [0.29, 0.717) is 5.56 Å². The van der Waals surface area contributed by atoms with E-state index < -0.39 is 23.9 Å². The molecule has 0 saturated carbocycles. The third-order valence-electron chi connectivity index (χ3n) is 4.26. The average Bonchev–Trinajstić information content (AvgIpc) is 2.64. The van der Waals surface area contributed by atoms with Crippen molar-refractivity contribution in [2.45, 2.75) is 31.7 Å². The monoisotopic (exact) mass is 387 g/mol. The number of aliphatic carboxylic acids is 2. The molecule has 0 aliphatic carbocycles. The fourth-order valence-electron chi connectivity index (χ4n) is 2.62. The number of anilines is 2. The van der Waals surface area contributed by atoms with Gasteiger partial charge in [-0.25, -0.2) is 9.78 Å². The number of nitrogens with two attached hydrogens (primary N) is 2. The third kappa shape index (κ3) is 5.16. The van der Waals surface area contributed by atoms with E-state index in [2.05, 4.69) is 15.3 Å². The minimum Gasteiger partial charge on any atom is -0.481 e. The van der Waals surface area contributed by atoms with Gasteiger partial charge in [-0.2, -0.15) is 4.98 Å². The van der Waals surface area contributed by atoms with Crippen LogP contribution >= 0.6 is 0 Å². The van der Waals surface area contributed by atoms with Crippen molar-refractivity contribution in [1.82, 2.24) is 15.3 Å². The molecule has 0 aliphatic heterocycles. The molecule has 0 saturated heterocycles. The van der Waals surface area contributed by atoms with Crippen molar-refractivity contribution in [3.05, 3.63) is 47.2 Å². The maximum Gasteiger partial charge on any atom is 0.326 e. The SMILES string of the molecule is CC(c1ccc(C(=O)N[C@@H](CCC(=O)O)C(=O)O)cc1)c1cnc(N)nc1N. The van der Waals surface area contributed by atoms with Crippen molar-refractivity contribution in [3.8, 4) is 0 Å². The second-order valence-electron chi connectivity index (χ2n) is 6.21. The quantitative estimate of drug-likeness (QED) is 0.438. The number of hydrogen-bond donors (Lipinski definition) is 5. The fourth-order valence-corrected chi connectivity index (χ4v) is 2.62. The number of carbonyl (C=O) groups excluding carboxylic acids is 1. The smallest absolute Gasteiger partial charge is 0.326 e. The molecule has 2 atom stereocenters. The number of nitrogens with one attached hydrogen (secondary N) is 1. The molecule has 1 heterocycles. The van der Waals surface area contributed by atoms with Crippen molar-refractivity contribution >= 4 is 29.6 Å². The predicted octanol–water partition coefficient (Wildman–Crippen LogP) is 0.841. The Hall–Kier alpha value is -3.69. The van der Waals surface area contributed by atoms with Crippen molar-refractivity contribution in [3.63, 3.8) is 0 Å². The van der Waals surface area contributed by atoms with Crippen LogP contribution < -0.4 is 16.8 Å². The van der Waals surface area contributed by atoms with E-state index in [1.165, 1.54) is 0 Å². The number of nitrogen functional groups attached to an aromatic ring is 2. The molecule has 1 amide bonds. The predicted molar refractivity (Wildman–Crippen MR) is 101 cm³/mol. The number of nitrogens with zero attached hydrogens (tertiary/aromatic N) is 2. The topological polar surface area (TPSA) is 182 Å². The van der Waals surface area contributed by atoms with Crippen LogP contribution in [0.25, 0.3) is 0 Å². The molecule has 7 N–H and O–H groups in total. The Morgan fingerprint density at radius 1 is 1.14 bits per heavy atom. The van der Waals surface area contributed by atoms with E-state index in [-0.39, 0.29) is 36.1 Å². The van der Waals surface area contributed by atoms with Crippen LogP contribution in [0.4, 0.5) is 11.8 Å². The number of carboxylic acid groups (broad SMARTS) is 2. The van der Waals surface area contributed by atoms with Gasteiger partial charge in [0, 0.05) is 29.7 Å². The Morgan fingerprint density at radius 3 is 2.32 bits per heavy atom. The highest BCUT2D eigenvalue weighted by molar-refractivity contribution is 5.96. The Kier molecular flexibility index (Phi) is 6.48. The summed E-state index contributed by atoms with van der Waals surface area (Å²) in [7, 11) is 0. The van der Waals surface area contributed by atoms with E-state index in [9.17, 15) is 14.4 Å². The first-order valence-corrected chi connectivity index (χ1v) is 8.42. The summed E-state index contributed by atoms with van der Waals surface area (Å²) in [5, 5.41) is 20.1.